The number of rotatable bonds is 4. The molecule has 5 heteroatoms. The highest BCUT2D eigenvalue weighted by Crippen LogP contribution is 2.42. The van der Waals surface area contributed by atoms with Crippen molar-refractivity contribution in [2.45, 2.75) is 49.7 Å². The van der Waals surface area contributed by atoms with E-state index in [9.17, 15) is 9.90 Å². The Bertz CT molecular complexity index is 536. The number of aliphatic hydroxyl groups excluding tert-OH is 1. The summed E-state index contributed by atoms with van der Waals surface area (Å²) >= 11 is 0. The maximum Gasteiger partial charge on any atom is 0.230 e. The van der Waals surface area contributed by atoms with E-state index in [1.807, 2.05) is 24.3 Å². The minimum Gasteiger partial charge on any atom is -0.497 e. The van der Waals surface area contributed by atoms with Crippen LogP contribution in [-0.2, 0) is 14.9 Å². The van der Waals surface area contributed by atoms with Crippen LogP contribution in [-0.4, -0.2) is 43.5 Å². The van der Waals surface area contributed by atoms with Gasteiger partial charge in [0.25, 0.3) is 0 Å². The van der Waals surface area contributed by atoms with E-state index in [2.05, 4.69) is 5.32 Å². The Morgan fingerprint density at radius 2 is 2.00 bits per heavy atom. The lowest BCUT2D eigenvalue weighted by atomic mass is 9.77. The summed E-state index contributed by atoms with van der Waals surface area (Å²) < 4.78 is 10.5. The highest BCUT2D eigenvalue weighted by Gasteiger charge is 2.44. The van der Waals surface area contributed by atoms with Gasteiger partial charge in [0.1, 0.15) is 5.75 Å². The third-order valence-corrected chi connectivity index (χ3v) is 5.18. The summed E-state index contributed by atoms with van der Waals surface area (Å²) in [6, 6.07) is 7.58. The molecule has 1 saturated carbocycles. The van der Waals surface area contributed by atoms with Gasteiger partial charge in [-0.2, -0.15) is 0 Å². The molecule has 2 N–H and O–H groups in total. The number of methoxy groups -OCH3 is 1. The lowest BCUT2D eigenvalue weighted by Crippen LogP contribution is -2.53. The number of amides is 1. The van der Waals surface area contributed by atoms with Crippen LogP contribution in [0.3, 0.4) is 0 Å². The van der Waals surface area contributed by atoms with Crippen molar-refractivity contribution in [2.75, 3.05) is 20.3 Å². The molecule has 1 heterocycles. The number of hydrogen-bond acceptors (Lipinski definition) is 4. The molecule has 2 fully saturated rings. The third-order valence-electron chi connectivity index (χ3n) is 5.18. The maximum atomic E-state index is 13.0. The summed E-state index contributed by atoms with van der Waals surface area (Å²) in [6.45, 7) is 0.873. The molecule has 2 aliphatic rings. The first-order valence-electron chi connectivity index (χ1n) is 8.37. The van der Waals surface area contributed by atoms with Crippen molar-refractivity contribution in [3.8, 4) is 5.75 Å². The minimum atomic E-state index is -0.623. The van der Waals surface area contributed by atoms with Crippen LogP contribution in [0.2, 0.25) is 0 Å². The van der Waals surface area contributed by atoms with Gasteiger partial charge in [0, 0.05) is 6.61 Å². The normalized spacial score (nSPS) is 26.7. The van der Waals surface area contributed by atoms with Crippen molar-refractivity contribution in [1.29, 1.82) is 0 Å². The Kier molecular flexibility index (Phi) is 4.87. The Balaban J connectivity index is 1.80. The summed E-state index contributed by atoms with van der Waals surface area (Å²) in [4.78, 5) is 13.0. The van der Waals surface area contributed by atoms with Crippen molar-refractivity contribution < 1.29 is 19.4 Å². The molecule has 0 radical (unpaired) electrons. The summed E-state index contributed by atoms with van der Waals surface area (Å²) in [5, 5.41) is 13.1. The Hall–Kier alpha value is -1.59. The predicted octanol–water partition coefficient (Wildman–Crippen LogP) is 1.77. The van der Waals surface area contributed by atoms with Crippen LogP contribution in [0.1, 0.15) is 37.7 Å². The number of aliphatic hydroxyl groups is 1. The molecule has 1 saturated heterocycles. The molecule has 0 aromatic heterocycles. The van der Waals surface area contributed by atoms with Crippen LogP contribution in [0.4, 0.5) is 0 Å². The molecular formula is C18H25NO4. The molecule has 1 aromatic carbocycles. The number of benzene rings is 1. The third kappa shape index (κ3) is 3.21. The number of nitrogens with one attached hydrogen (secondary N) is 1. The Labute approximate surface area is 137 Å². The van der Waals surface area contributed by atoms with Crippen molar-refractivity contribution in [3.63, 3.8) is 0 Å². The summed E-state index contributed by atoms with van der Waals surface area (Å²) in [6.07, 6.45) is 3.84. The first-order chi connectivity index (χ1) is 11.2. The second-order valence-electron chi connectivity index (χ2n) is 6.53. The average Bonchev–Trinajstić information content (AvgIpc) is 3.08. The number of carbonyl (C=O) groups excluding carboxylic acids is 1. The van der Waals surface area contributed by atoms with Gasteiger partial charge in [-0.25, -0.2) is 0 Å². The van der Waals surface area contributed by atoms with Crippen LogP contribution in [0.5, 0.6) is 5.75 Å². The van der Waals surface area contributed by atoms with E-state index in [1.165, 1.54) is 0 Å². The largest absolute Gasteiger partial charge is 0.497 e. The Morgan fingerprint density at radius 3 is 2.61 bits per heavy atom. The van der Waals surface area contributed by atoms with Crippen LogP contribution >= 0.6 is 0 Å². The zero-order chi connectivity index (χ0) is 16.3. The topological polar surface area (TPSA) is 67.8 Å². The lowest BCUT2D eigenvalue weighted by molar-refractivity contribution is -0.130. The van der Waals surface area contributed by atoms with E-state index in [1.54, 1.807) is 7.11 Å². The standard InChI is InChI=1S/C18H25NO4/c1-22-14-6-4-13(5-7-14)18(9-2-3-10-18)17(21)19-15-8-11-23-12-16(15)20/h4-7,15-16,20H,2-3,8-12H2,1H3,(H,19,21)/t15-,16-/m1/s1. The lowest BCUT2D eigenvalue weighted by Gasteiger charge is -2.34. The number of carbonyl (C=O) groups is 1. The molecule has 0 unspecified atom stereocenters. The van der Waals surface area contributed by atoms with Gasteiger partial charge in [0.15, 0.2) is 0 Å². The Morgan fingerprint density at radius 1 is 1.30 bits per heavy atom. The monoisotopic (exact) mass is 319 g/mol. The van der Waals surface area contributed by atoms with Crippen molar-refractivity contribution in [1.82, 2.24) is 5.32 Å². The number of ether oxygens (including phenoxy) is 2. The molecular weight excluding hydrogens is 294 g/mol. The summed E-state index contributed by atoms with van der Waals surface area (Å²) in [7, 11) is 1.64. The molecule has 1 amide bonds. The van der Waals surface area contributed by atoms with E-state index in [0.717, 1.165) is 37.0 Å². The summed E-state index contributed by atoms with van der Waals surface area (Å²) in [5.41, 5.74) is 0.555. The smallest absolute Gasteiger partial charge is 0.230 e. The highest BCUT2D eigenvalue weighted by atomic mass is 16.5. The van der Waals surface area contributed by atoms with Gasteiger partial charge >= 0.3 is 0 Å². The second kappa shape index (κ2) is 6.89. The molecule has 23 heavy (non-hydrogen) atoms. The first-order valence-corrected chi connectivity index (χ1v) is 8.37. The van der Waals surface area contributed by atoms with E-state index < -0.39 is 11.5 Å². The van der Waals surface area contributed by atoms with Crippen LogP contribution < -0.4 is 10.1 Å². The fraction of sp³-hybridized carbons (Fsp3) is 0.611. The molecule has 0 spiro atoms. The van der Waals surface area contributed by atoms with E-state index in [-0.39, 0.29) is 11.9 Å². The van der Waals surface area contributed by atoms with Gasteiger partial charge < -0.3 is 19.9 Å². The fourth-order valence-corrected chi connectivity index (χ4v) is 3.73. The molecule has 0 bridgehead atoms. The predicted molar refractivity (Wildman–Crippen MR) is 86.5 cm³/mol. The fourth-order valence-electron chi connectivity index (χ4n) is 3.73. The van der Waals surface area contributed by atoms with Gasteiger partial charge in [-0.15, -0.1) is 0 Å². The average molecular weight is 319 g/mol. The van der Waals surface area contributed by atoms with Gasteiger partial charge in [0.2, 0.25) is 5.91 Å². The van der Waals surface area contributed by atoms with Crippen molar-refractivity contribution in [2.24, 2.45) is 0 Å². The van der Waals surface area contributed by atoms with Gasteiger partial charge in [-0.3, -0.25) is 4.79 Å². The molecule has 126 valence electrons. The summed E-state index contributed by atoms with van der Waals surface area (Å²) in [5.74, 6) is 0.827. The van der Waals surface area contributed by atoms with Crippen LogP contribution in [0.25, 0.3) is 0 Å². The van der Waals surface area contributed by atoms with Crippen molar-refractivity contribution in [3.05, 3.63) is 29.8 Å². The molecule has 1 aliphatic heterocycles. The SMILES string of the molecule is COc1ccc(C2(C(=O)N[C@@H]3CCOC[C@H]3O)CCCC2)cc1. The number of hydrogen-bond donors (Lipinski definition) is 2. The van der Waals surface area contributed by atoms with E-state index in [4.69, 9.17) is 9.47 Å². The van der Waals surface area contributed by atoms with Gasteiger partial charge in [-0.1, -0.05) is 25.0 Å². The molecule has 2 atom stereocenters. The first kappa shape index (κ1) is 16.3. The van der Waals surface area contributed by atoms with Crippen LogP contribution in [0, 0.1) is 0 Å². The zero-order valence-electron chi connectivity index (χ0n) is 13.6. The zero-order valence-corrected chi connectivity index (χ0v) is 13.6. The molecule has 5 nitrogen and oxygen atoms in total. The maximum absolute atomic E-state index is 13.0. The van der Waals surface area contributed by atoms with Crippen LogP contribution in [0.15, 0.2) is 24.3 Å². The quantitative estimate of drug-likeness (QED) is 0.887. The molecule has 1 aromatic rings. The van der Waals surface area contributed by atoms with E-state index >= 15 is 0 Å². The molecule has 1 aliphatic carbocycles. The second-order valence-corrected chi connectivity index (χ2v) is 6.53. The molecule has 3 rings (SSSR count). The highest BCUT2D eigenvalue weighted by molar-refractivity contribution is 5.89. The minimum absolute atomic E-state index is 0.0334. The van der Waals surface area contributed by atoms with Gasteiger partial charge in [-0.05, 0) is 37.0 Å². The van der Waals surface area contributed by atoms with E-state index in [0.29, 0.717) is 19.6 Å². The van der Waals surface area contributed by atoms with Gasteiger partial charge in [0.05, 0.1) is 31.3 Å². The van der Waals surface area contributed by atoms with Crippen molar-refractivity contribution >= 4 is 5.91 Å².